The predicted molar refractivity (Wildman–Crippen MR) is 285 cm³/mol. The molecule has 462 valence electrons. The summed E-state index contributed by atoms with van der Waals surface area (Å²) >= 11 is 1.73. The third-order valence-corrected chi connectivity index (χ3v) is 13.5. The SMILES string of the molecule is CC[C@H]1O[C@@H](n2cc(/C=C/C(=O)OC)c(=O)[nH]c2=O)C(F)[C@H]1OC(C)=O.CC[C@H]1O[C@@H](n2cc(I)c(=O)[nH]c2=O)C(F)[C@H]1OC(C)=O.CC[C@H]1O[C@@H](n2ccc(=O)[nH]c2=O)C(F)[C@H]1OC(C)=O.O=c1ccn([C@@H]2O[C@H](CO)[C@H](O)C2F)c(=O)[nH]1. The van der Waals surface area contributed by atoms with Gasteiger partial charge in [0, 0.05) is 63.8 Å². The fraction of sp³-hybridized carbons (Fsp3) is 0.551. The Hall–Kier alpha value is -7.45. The van der Waals surface area contributed by atoms with Crippen molar-refractivity contribution in [3.8, 4) is 0 Å². The number of methoxy groups -OCH3 is 1. The molecule has 0 spiro atoms. The highest BCUT2D eigenvalue weighted by Crippen LogP contribution is 2.37. The summed E-state index contributed by atoms with van der Waals surface area (Å²) in [6.45, 7) is 8.18. The number of carbonyl (C=O) groups excluding carboxylic acids is 4. The van der Waals surface area contributed by atoms with Crippen LogP contribution in [-0.2, 0) is 57.1 Å². The molecule has 35 heteroatoms. The number of hydrogen-bond acceptors (Lipinski definition) is 22. The lowest BCUT2D eigenvalue weighted by Crippen LogP contribution is -2.38. The van der Waals surface area contributed by atoms with Gasteiger partial charge in [-0.3, -0.25) is 71.8 Å². The summed E-state index contributed by atoms with van der Waals surface area (Å²) in [5.74, 6) is -2.61. The molecule has 4 unspecified atom stereocenters. The van der Waals surface area contributed by atoms with Crippen LogP contribution in [0, 0.1) is 3.57 Å². The van der Waals surface area contributed by atoms with E-state index in [-0.39, 0.29) is 9.13 Å². The zero-order valence-corrected chi connectivity index (χ0v) is 47.6. The number of nitrogens with one attached hydrogen (secondary N) is 4. The average molecular weight is 1310 g/mol. The van der Waals surface area contributed by atoms with Gasteiger partial charge in [-0.1, -0.05) is 20.8 Å². The summed E-state index contributed by atoms with van der Waals surface area (Å²) in [5.41, 5.74) is -5.85. The van der Waals surface area contributed by atoms with Crippen LogP contribution >= 0.6 is 22.6 Å². The van der Waals surface area contributed by atoms with Gasteiger partial charge in [0.2, 0.25) is 0 Å². The number of aliphatic hydroxyl groups excluding tert-OH is 2. The molecule has 6 N–H and O–H groups in total. The van der Waals surface area contributed by atoms with Gasteiger partial charge in [-0.15, -0.1) is 0 Å². The number of H-pyrrole nitrogens is 4. The highest BCUT2D eigenvalue weighted by atomic mass is 127. The number of aromatic nitrogens is 8. The predicted octanol–water partition coefficient (Wildman–Crippen LogP) is -0.742. The number of alkyl halides is 4. The molecule has 0 bridgehead atoms. The number of aliphatic hydroxyl groups is 2. The molecular formula is C49H59F4IN8O22. The number of aromatic amines is 4. The molecule has 0 aromatic carbocycles. The normalized spacial score (nSPS) is 28.6. The minimum Gasteiger partial charge on any atom is -0.466 e. The van der Waals surface area contributed by atoms with E-state index in [4.69, 9.17) is 38.3 Å². The first-order valence-electron chi connectivity index (χ1n) is 25.3. The topological polar surface area (TPSA) is 402 Å². The van der Waals surface area contributed by atoms with Crippen molar-refractivity contribution in [1.29, 1.82) is 0 Å². The van der Waals surface area contributed by atoms with Crippen LogP contribution < -0.4 is 45.0 Å². The Kier molecular flexibility index (Phi) is 24.0. The van der Waals surface area contributed by atoms with Crippen molar-refractivity contribution in [3.63, 3.8) is 0 Å². The Balaban J connectivity index is 0.000000207. The first-order chi connectivity index (χ1) is 39.6. The highest BCUT2D eigenvalue weighted by molar-refractivity contribution is 14.1. The maximum absolute atomic E-state index is 14.8. The molecule has 0 amide bonds. The summed E-state index contributed by atoms with van der Waals surface area (Å²) in [6, 6.07) is 2.13. The van der Waals surface area contributed by atoms with Crippen LogP contribution in [0.5, 0.6) is 0 Å². The van der Waals surface area contributed by atoms with Gasteiger partial charge in [-0.25, -0.2) is 41.5 Å². The lowest BCUT2D eigenvalue weighted by Gasteiger charge is -2.17. The Morgan fingerprint density at radius 3 is 1.29 bits per heavy atom. The molecule has 4 saturated heterocycles. The number of hydrogen-bond donors (Lipinski definition) is 6. The van der Waals surface area contributed by atoms with Crippen LogP contribution in [0.25, 0.3) is 6.08 Å². The van der Waals surface area contributed by atoms with E-state index in [2.05, 4.69) is 9.72 Å². The standard InChI is InChI=1S/C16H19FN2O7.C12H14FIN2O5.C12H15FN2O5.C9H11FN2O5/c1-4-10-13(25-8(2)20)12(17)15(26-10)19-7-9(5-6-11(21)24-3)14(22)18-16(19)23;1-3-7-9(20-5(2)17)8(13)11(21-7)16-4-6(14)10(18)15-12(16)19;1-3-7-10(19-6(2)16)9(13)11(20-7)15-5-4-8(17)14-12(15)18;10-6-7(15)4(3-13)17-8(6)12-2-1-5(14)11-9(12)16/h5-7,10,12-13,15H,4H2,1-3H3,(H,18,22,23);4,7-9,11H,3H2,1-2H3,(H,15,18,19);4-5,7,9-11H,3H2,1-2H3,(H,14,17,18);1-2,4,6-8,13,15H,3H2,(H,11,14,16)/b6-5+;;;/t10-,12?,13+,15-;7-,8?,9+,11-;7-,9?,10+,11-;4-,6?,7+,8-/m1111/s1. The molecule has 4 aromatic rings. The van der Waals surface area contributed by atoms with Crippen LogP contribution in [0.2, 0.25) is 0 Å². The lowest BCUT2D eigenvalue weighted by atomic mass is 10.1. The van der Waals surface area contributed by atoms with E-state index in [0.717, 1.165) is 75.2 Å². The molecular weight excluding hydrogens is 1260 g/mol. The van der Waals surface area contributed by atoms with Gasteiger partial charge in [0.05, 0.1) is 22.9 Å². The number of esters is 4. The molecule has 4 aliphatic rings. The minimum absolute atomic E-state index is 0.0743. The molecule has 0 radical (unpaired) electrons. The van der Waals surface area contributed by atoms with Gasteiger partial charge in [0.25, 0.3) is 22.2 Å². The van der Waals surface area contributed by atoms with Crippen LogP contribution in [0.1, 0.15) is 91.3 Å². The van der Waals surface area contributed by atoms with Gasteiger partial charge in [-0.05, 0) is 47.9 Å². The Bertz CT molecular complexity index is 3510. The van der Waals surface area contributed by atoms with Crippen molar-refractivity contribution in [3.05, 3.63) is 135 Å². The van der Waals surface area contributed by atoms with E-state index in [1.165, 1.54) is 20.0 Å². The van der Waals surface area contributed by atoms with Gasteiger partial charge in [-0.2, -0.15) is 0 Å². The largest absolute Gasteiger partial charge is 0.466 e. The molecule has 16 atom stereocenters. The summed E-state index contributed by atoms with van der Waals surface area (Å²) in [5, 5.41) is 18.2. The fourth-order valence-electron chi connectivity index (χ4n) is 8.75. The van der Waals surface area contributed by atoms with E-state index in [0.29, 0.717) is 19.3 Å². The Morgan fingerprint density at radius 1 is 0.571 bits per heavy atom. The Morgan fingerprint density at radius 2 is 0.929 bits per heavy atom. The maximum Gasteiger partial charge on any atom is 0.330 e. The van der Waals surface area contributed by atoms with E-state index in [1.807, 2.05) is 15.0 Å². The first kappa shape index (κ1) is 67.3. The van der Waals surface area contributed by atoms with Gasteiger partial charge < -0.3 is 48.1 Å². The van der Waals surface area contributed by atoms with Crippen molar-refractivity contribution >= 4 is 52.5 Å². The fourth-order valence-corrected chi connectivity index (χ4v) is 9.19. The third kappa shape index (κ3) is 16.2. The second-order valence-electron chi connectivity index (χ2n) is 18.4. The number of ether oxygens (including phenoxy) is 8. The van der Waals surface area contributed by atoms with E-state index in [1.54, 1.807) is 43.4 Å². The van der Waals surface area contributed by atoms with Crippen molar-refractivity contribution in [2.45, 2.75) is 159 Å². The van der Waals surface area contributed by atoms with Crippen LogP contribution in [0.15, 0.2) is 81.4 Å². The zero-order chi connectivity index (χ0) is 62.6. The van der Waals surface area contributed by atoms with Gasteiger partial charge >= 0.3 is 46.6 Å². The van der Waals surface area contributed by atoms with Crippen LogP contribution in [0.4, 0.5) is 17.6 Å². The summed E-state index contributed by atoms with van der Waals surface area (Å²) in [7, 11) is 1.16. The van der Waals surface area contributed by atoms with Crippen molar-refractivity contribution < 1.29 is 84.8 Å². The number of halogens is 5. The number of rotatable bonds is 13. The summed E-state index contributed by atoms with van der Waals surface area (Å²) < 4.78 is 102. The molecule has 0 aliphatic carbocycles. The van der Waals surface area contributed by atoms with Crippen molar-refractivity contribution in [2.75, 3.05) is 13.7 Å². The van der Waals surface area contributed by atoms with E-state index >= 15 is 0 Å². The molecule has 8 rings (SSSR count). The second kappa shape index (κ2) is 29.9. The summed E-state index contributed by atoms with van der Waals surface area (Å²) in [4.78, 5) is 144. The second-order valence-corrected chi connectivity index (χ2v) is 19.6. The van der Waals surface area contributed by atoms with Crippen molar-refractivity contribution in [1.82, 2.24) is 38.2 Å². The first-order valence-corrected chi connectivity index (χ1v) is 26.4. The monoisotopic (exact) mass is 1310 g/mol. The number of nitrogens with zero attached hydrogens (tertiary/aromatic N) is 4. The van der Waals surface area contributed by atoms with Gasteiger partial charge in [0.1, 0.15) is 30.5 Å². The Labute approximate surface area is 482 Å². The lowest BCUT2D eigenvalue weighted by molar-refractivity contribution is -0.152. The van der Waals surface area contributed by atoms with Crippen molar-refractivity contribution in [2.24, 2.45) is 0 Å². The average Bonchev–Trinajstić information content (AvgIpc) is 3.16. The molecule has 8 heterocycles. The minimum atomic E-state index is -1.85. The summed E-state index contributed by atoms with van der Waals surface area (Å²) in [6.07, 6.45) is -12.4. The number of carbonyl (C=O) groups is 4. The quantitative estimate of drug-likeness (QED) is 0.0315. The van der Waals surface area contributed by atoms with E-state index < -0.39 is 174 Å². The van der Waals surface area contributed by atoms with Gasteiger partial charge in [0.15, 0.2) is 67.9 Å². The van der Waals surface area contributed by atoms with E-state index in [9.17, 15) is 80.2 Å². The molecule has 84 heavy (non-hydrogen) atoms. The molecule has 30 nitrogen and oxygen atoms in total. The highest BCUT2D eigenvalue weighted by Gasteiger charge is 2.50. The molecule has 0 saturated carbocycles. The zero-order valence-electron chi connectivity index (χ0n) is 45.4. The third-order valence-electron chi connectivity index (χ3n) is 12.7. The van der Waals surface area contributed by atoms with Crippen LogP contribution in [-0.4, -0.2) is 160 Å². The van der Waals surface area contributed by atoms with Crippen LogP contribution in [0.3, 0.4) is 0 Å². The molecule has 4 aliphatic heterocycles. The maximum atomic E-state index is 14.8. The smallest absolute Gasteiger partial charge is 0.330 e. The molecule has 4 aromatic heterocycles. The molecule has 4 fully saturated rings.